The van der Waals surface area contributed by atoms with Crippen LogP contribution in [0, 0.1) is 10.1 Å². The lowest BCUT2D eigenvalue weighted by Crippen LogP contribution is -2.27. The Hall–Kier alpha value is -1.45. The first-order valence-electron chi connectivity index (χ1n) is 6.95. The molecule has 0 saturated carbocycles. The predicted molar refractivity (Wildman–Crippen MR) is 113 cm³/mol. The number of non-ortho nitro benzene ring substituents is 1. The lowest BCUT2D eigenvalue weighted by molar-refractivity contribution is -0.384. The molecule has 0 unspecified atom stereocenters. The van der Waals surface area contributed by atoms with Gasteiger partial charge in [0, 0.05) is 27.2 Å². The van der Waals surface area contributed by atoms with Crippen LogP contribution in [-0.2, 0) is 4.79 Å². The largest absolute Gasteiger partial charge is 0.270 e. The van der Waals surface area contributed by atoms with E-state index in [1.165, 1.54) is 29.2 Å². The summed E-state index contributed by atoms with van der Waals surface area (Å²) in [6.45, 7) is 0. The van der Waals surface area contributed by atoms with Crippen molar-refractivity contribution >= 4 is 90.8 Å². The number of rotatable bonds is 3. The first kappa shape index (κ1) is 19.3. The fourth-order valence-electron chi connectivity index (χ4n) is 2.21. The molecule has 0 radical (unpaired) electrons. The predicted octanol–water partition coefficient (Wildman–Crippen LogP) is 6.07. The van der Waals surface area contributed by atoms with E-state index in [2.05, 4.69) is 15.9 Å². The van der Waals surface area contributed by atoms with Crippen LogP contribution >= 0.6 is 63.1 Å². The summed E-state index contributed by atoms with van der Waals surface area (Å²) in [4.78, 5) is 24.9. The highest BCUT2D eigenvalue weighted by Crippen LogP contribution is 2.38. The summed E-state index contributed by atoms with van der Waals surface area (Å²) in [5, 5.41) is 11.7. The van der Waals surface area contributed by atoms with Gasteiger partial charge in [0.15, 0.2) is 4.32 Å². The molecule has 2 aromatic rings. The topological polar surface area (TPSA) is 63.4 Å². The van der Waals surface area contributed by atoms with Gasteiger partial charge in [-0.2, -0.15) is 0 Å². The summed E-state index contributed by atoms with van der Waals surface area (Å²) in [6, 6.07) is 9.09. The van der Waals surface area contributed by atoms with Gasteiger partial charge in [0.05, 0.1) is 20.5 Å². The third-order valence-electron chi connectivity index (χ3n) is 3.43. The van der Waals surface area contributed by atoms with Gasteiger partial charge in [-0.15, -0.1) is 0 Å². The van der Waals surface area contributed by atoms with E-state index in [0.29, 0.717) is 35.0 Å². The summed E-state index contributed by atoms with van der Waals surface area (Å²) in [5.74, 6) is -0.346. The molecular formula is C16H7BrCl2N2O3S2. The lowest BCUT2D eigenvalue weighted by Gasteiger charge is -2.15. The molecule has 1 fully saturated rings. The van der Waals surface area contributed by atoms with E-state index in [-0.39, 0.29) is 11.6 Å². The quantitative estimate of drug-likeness (QED) is 0.226. The Morgan fingerprint density at radius 3 is 2.58 bits per heavy atom. The van der Waals surface area contributed by atoms with Crippen LogP contribution in [0.2, 0.25) is 10.0 Å². The molecule has 3 rings (SSSR count). The van der Waals surface area contributed by atoms with Crippen molar-refractivity contribution in [3.8, 4) is 0 Å². The van der Waals surface area contributed by atoms with E-state index in [1.54, 1.807) is 18.2 Å². The highest BCUT2D eigenvalue weighted by molar-refractivity contribution is 9.10. The molecule has 10 heteroatoms. The van der Waals surface area contributed by atoms with Gasteiger partial charge in [0.2, 0.25) is 0 Å². The number of nitrogens with zero attached hydrogens (tertiary/aromatic N) is 2. The van der Waals surface area contributed by atoms with Gasteiger partial charge in [-0.3, -0.25) is 19.8 Å². The number of nitro groups is 1. The smallest absolute Gasteiger partial charge is 0.268 e. The maximum atomic E-state index is 12.8. The number of amides is 1. The molecule has 0 N–H and O–H groups in total. The van der Waals surface area contributed by atoms with E-state index in [9.17, 15) is 14.9 Å². The highest BCUT2D eigenvalue weighted by atomic mass is 79.9. The Kier molecular flexibility index (Phi) is 5.69. The molecular weight excluding hydrogens is 483 g/mol. The van der Waals surface area contributed by atoms with Crippen molar-refractivity contribution in [2.45, 2.75) is 0 Å². The van der Waals surface area contributed by atoms with Crippen LogP contribution in [0.15, 0.2) is 45.8 Å². The number of hydrogen-bond donors (Lipinski definition) is 0. The SMILES string of the molecule is O=C1/C(=C/c2cc([N+](=O)[O-])ccc2Cl)SC(=S)N1c1ccc(Br)c(Cl)c1. The Bertz CT molecular complexity index is 997. The number of nitro benzene ring substituents is 1. The van der Waals surface area contributed by atoms with Crippen molar-refractivity contribution in [3.63, 3.8) is 0 Å². The minimum absolute atomic E-state index is 0.115. The highest BCUT2D eigenvalue weighted by Gasteiger charge is 2.33. The molecule has 1 saturated heterocycles. The zero-order chi connectivity index (χ0) is 19.0. The van der Waals surface area contributed by atoms with E-state index >= 15 is 0 Å². The fourth-order valence-corrected chi connectivity index (χ4v) is 4.09. The van der Waals surface area contributed by atoms with Gasteiger partial charge in [-0.1, -0.05) is 47.2 Å². The van der Waals surface area contributed by atoms with E-state index < -0.39 is 4.92 Å². The lowest BCUT2D eigenvalue weighted by atomic mass is 10.2. The van der Waals surface area contributed by atoms with Gasteiger partial charge >= 0.3 is 0 Å². The summed E-state index contributed by atoms with van der Waals surface area (Å²) >= 11 is 21.9. The van der Waals surface area contributed by atoms with E-state index in [4.69, 9.17) is 35.4 Å². The molecule has 0 aliphatic carbocycles. The maximum absolute atomic E-state index is 12.8. The summed E-state index contributed by atoms with van der Waals surface area (Å²) < 4.78 is 1.04. The Morgan fingerprint density at radius 1 is 1.19 bits per heavy atom. The first-order chi connectivity index (χ1) is 12.3. The van der Waals surface area contributed by atoms with E-state index in [0.717, 1.165) is 11.8 Å². The van der Waals surface area contributed by atoms with Gasteiger partial charge < -0.3 is 0 Å². The molecule has 2 aromatic carbocycles. The zero-order valence-corrected chi connectivity index (χ0v) is 17.3. The number of thiocarbonyl (C=S) groups is 1. The number of hydrogen-bond acceptors (Lipinski definition) is 5. The van der Waals surface area contributed by atoms with Crippen LogP contribution in [0.1, 0.15) is 5.56 Å². The van der Waals surface area contributed by atoms with Crippen molar-refractivity contribution in [1.29, 1.82) is 0 Å². The van der Waals surface area contributed by atoms with Crippen molar-refractivity contribution in [2.24, 2.45) is 0 Å². The molecule has 1 heterocycles. The molecule has 0 spiro atoms. The average Bonchev–Trinajstić information content (AvgIpc) is 2.86. The Morgan fingerprint density at radius 2 is 1.92 bits per heavy atom. The molecule has 0 bridgehead atoms. The van der Waals surface area contributed by atoms with Gasteiger partial charge in [-0.25, -0.2) is 0 Å². The van der Waals surface area contributed by atoms with Crippen molar-refractivity contribution in [2.75, 3.05) is 4.90 Å². The molecule has 0 aromatic heterocycles. The second kappa shape index (κ2) is 7.66. The fraction of sp³-hybridized carbons (Fsp3) is 0. The molecule has 1 amide bonds. The Balaban J connectivity index is 1.98. The minimum Gasteiger partial charge on any atom is -0.268 e. The van der Waals surface area contributed by atoms with Crippen LogP contribution < -0.4 is 4.90 Å². The number of thioether (sulfide) groups is 1. The summed E-state index contributed by atoms with van der Waals surface area (Å²) in [7, 11) is 0. The van der Waals surface area contributed by atoms with Gasteiger partial charge in [0.25, 0.3) is 11.6 Å². The maximum Gasteiger partial charge on any atom is 0.270 e. The molecule has 5 nitrogen and oxygen atoms in total. The first-order valence-corrected chi connectivity index (χ1v) is 9.72. The van der Waals surface area contributed by atoms with Crippen LogP contribution in [-0.4, -0.2) is 15.2 Å². The number of carbonyl (C=O) groups excluding carboxylic acids is 1. The third kappa shape index (κ3) is 3.79. The zero-order valence-electron chi connectivity index (χ0n) is 12.6. The number of anilines is 1. The summed E-state index contributed by atoms with van der Waals surface area (Å²) in [6.07, 6.45) is 1.50. The normalized spacial score (nSPS) is 15.8. The van der Waals surface area contributed by atoms with E-state index in [1.807, 2.05) is 0 Å². The number of halogens is 3. The molecule has 26 heavy (non-hydrogen) atoms. The van der Waals surface area contributed by atoms with Crippen molar-refractivity contribution in [3.05, 3.63) is 71.5 Å². The average molecular weight is 490 g/mol. The number of benzene rings is 2. The number of carbonyl (C=O) groups is 1. The molecule has 1 aliphatic heterocycles. The third-order valence-corrected chi connectivity index (χ3v) is 6.31. The van der Waals surface area contributed by atoms with Crippen LogP contribution in [0.5, 0.6) is 0 Å². The monoisotopic (exact) mass is 488 g/mol. The summed E-state index contributed by atoms with van der Waals surface area (Å²) in [5.41, 5.74) is 0.792. The Labute approximate surface area is 176 Å². The van der Waals surface area contributed by atoms with Gasteiger partial charge in [0.1, 0.15) is 0 Å². The molecule has 0 atom stereocenters. The second-order valence-electron chi connectivity index (χ2n) is 5.08. The molecule has 132 valence electrons. The second-order valence-corrected chi connectivity index (χ2v) is 8.42. The molecule has 1 aliphatic rings. The van der Waals surface area contributed by atoms with Crippen LogP contribution in [0.3, 0.4) is 0 Å². The van der Waals surface area contributed by atoms with Gasteiger partial charge in [-0.05, 0) is 46.3 Å². The minimum atomic E-state index is -0.525. The van der Waals surface area contributed by atoms with Crippen molar-refractivity contribution in [1.82, 2.24) is 0 Å². The standard InChI is InChI=1S/C16H7BrCl2N2O3S2/c17-11-3-1-9(7-13(11)19)20-15(22)14(26-16(20)25)6-8-5-10(21(23)24)2-4-12(8)18/h1-7H/b14-6-. The van der Waals surface area contributed by atoms with Crippen LogP contribution in [0.4, 0.5) is 11.4 Å². The van der Waals surface area contributed by atoms with Crippen LogP contribution in [0.25, 0.3) is 6.08 Å². The van der Waals surface area contributed by atoms with Crippen molar-refractivity contribution < 1.29 is 9.72 Å².